The predicted molar refractivity (Wildman–Crippen MR) is 94.6 cm³/mol. The maximum Gasteiger partial charge on any atom is 0.338 e. The fraction of sp³-hybridized carbons (Fsp3) is 0.600. The summed E-state index contributed by atoms with van der Waals surface area (Å²) >= 11 is 0. The first-order valence-electron chi connectivity index (χ1n) is 8.69. The molecule has 0 aliphatic carbocycles. The van der Waals surface area contributed by atoms with Crippen molar-refractivity contribution in [3.8, 4) is 5.75 Å². The minimum atomic E-state index is -4.29. The highest BCUT2D eigenvalue weighted by atomic mass is 19.3. The van der Waals surface area contributed by atoms with Crippen LogP contribution in [0.5, 0.6) is 5.75 Å². The first-order chi connectivity index (χ1) is 12.1. The molecule has 0 aliphatic rings. The molecule has 7 heteroatoms. The third kappa shape index (κ3) is 5.40. The normalized spacial score (nSPS) is 14.0. The zero-order valence-electron chi connectivity index (χ0n) is 16.8. The number of hydrogen-bond acceptors (Lipinski definition) is 5. The molecule has 1 atom stereocenters. The van der Waals surface area contributed by atoms with Crippen molar-refractivity contribution in [2.45, 2.75) is 66.1 Å². The lowest BCUT2D eigenvalue weighted by Crippen LogP contribution is -2.53. The van der Waals surface area contributed by atoms with E-state index in [2.05, 4.69) is 0 Å². The summed E-state index contributed by atoms with van der Waals surface area (Å²) in [5.74, 6) is -8.33. The fourth-order valence-corrected chi connectivity index (χ4v) is 2.04. The van der Waals surface area contributed by atoms with Gasteiger partial charge >= 0.3 is 11.9 Å². The molecular formula is C20H27F2O5-. The van der Waals surface area contributed by atoms with E-state index in [-0.39, 0.29) is 11.0 Å². The van der Waals surface area contributed by atoms with Crippen molar-refractivity contribution in [1.82, 2.24) is 0 Å². The van der Waals surface area contributed by atoms with Gasteiger partial charge in [-0.2, -0.15) is 8.78 Å². The first kappa shape index (κ1) is 22.9. The zero-order chi connectivity index (χ0) is 21.2. The summed E-state index contributed by atoms with van der Waals surface area (Å²) in [4.78, 5) is 22.8. The summed E-state index contributed by atoms with van der Waals surface area (Å²) in [5, 5.41) is 10.7. The first-order valence-corrected chi connectivity index (χ1v) is 8.69. The number of ether oxygens (including phenoxy) is 2. The van der Waals surface area contributed by atoms with Gasteiger partial charge in [-0.3, -0.25) is 0 Å². The Morgan fingerprint density at radius 3 is 1.85 bits per heavy atom. The van der Waals surface area contributed by atoms with E-state index in [1.807, 2.05) is 34.6 Å². The molecule has 0 bridgehead atoms. The maximum atomic E-state index is 13.7. The molecule has 1 aromatic carbocycles. The number of carboxylic acids is 1. The van der Waals surface area contributed by atoms with Crippen LogP contribution in [0, 0.1) is 11.3 Å². The van der Waals surface area contributed by atoms with E-state index < -0.39 is 35.5 Å². The van der Waals surface area contributed by atoms with Crippen molar-refractivity contribution in [3.63, 3.8) is 0 Å². The number of esters is 1. The summed E-state index contributed by atoms with van der Waals surface area (Å²) in [6.45, 7) is 12.6. The molecule has 0 saturated heterocycles. The Labute approximate surface area is 158 Å². The molecule has 0 aromatic heterocycles. The van der Waals surface area contributed by atoms with Crippen LogP contribution in [0.3, 0.4) is 0 Å². The average Bonchev–Trinajstić information content (AvgIpc) is 2.50. The van der Waals surface area contributed by atoms with Crippen LogP contribution >= 0.6 is 0 Å². The van der Waals surface area contributed by atoms with E-state index >= 15 is 0 Å². The molecular weight excluding hydrogens is 358 g/mol. The number of carboxylic acid groups (broad SMARTS) is 1. The van der Waals surface area contributed by atoms with Crippen molar-refractivity contribution in [2.24, 2.45) is 11.3 Å². The number of benzene rings is 1. The minimum Gasteiger partial charge on any atom is -0.544 e. The number of alkyl halides is 2. The van der Waals surface area contributed by atoms with Gasteiger partial charge in [0.1, 0.15) is 17.3 Å². The molecule has 1 rings (SSSR count). The molecule has 1 aromatic rings. The van der Waals surface area contributed by atoms with Crippen LogP contribution in [-0.4, -0.2) is 29.6 Å². The van der Waals surface area contributed by atoms with Gasteiger partial charge in [-0.1, -0.05) is 34.6 Å². The lowest BCUT2D eigenvalue weighted by molar-refractivity contribution is -0.337. The number of rotatable bonds is 7. The van der Waals surface area contributed by atoms with Crippen LogP contribution in [-0.2, 0) is 9.53 Å². The standard InChI is InChI=1S/C20H28F2O5/c1-12(2)15(20(21,22)17(24)25)26-16(23)13-8-10-14(11-9-13)27-19(6,7)18(3,4)5/h8-12,15H,1-7H3,(H,24,25)/p-1. The predicted octanol–water partition coefficient (Wildman–Crippen LogP) is 3.46. The molecule has 1 unspecified atom stereocenters. The van der Waals surface area contributed by atoms with Crippen molar-refractivity contribution < 1.29 is 33.0 Å². The van der Waals surface area contributed by atoms with Crippen LogP contribution < -0.4 is 9.84 Å². The number of carbonyl (C=O) groups is 2. The van der Waals surface area contributed by atoms with Gasteiger partial charge in [-0.15, -0.1) is 0 Å². The van der Waals surface area contributed by atoms with Crippen molar-refractivity contribution >= 4 is 11.9 Å². The van der Waals surface area contributed by atoms with Gasteiger partial charge in [-0.05, 0) is 44.0 Å². The second-order valence-electron chi connectivity index (χ2n) is 8.37. The Balaban J connectivity index is 2.95. The molecule has 0 amide bonds. The van der Waals surface area contributed by atoms with Crippen molar-refractivity contribution in [3.05, 3.63) is 29.8 Å². The Morgan fingerprint density at radius 1 is 1.00 bits per heavy atom. The van der Waals surface area contributed by atoms with Crippen molar-refractivity contribution in [2.75, 3.05) is 0 Å². The lowest BCUT2D eigenvalue weighted by atomic mass is 9.79. The maximum absolute atomic E-state index is 13.7. The van der Waals surface area contributed by atoms with Gasteiger partial charge < -0.3 is 19.4 Å². The van der Waals surface area contributed by atoms with Crippen LogP contribution in [0.1, 0.15) is 58.8 Å². The van der Waals surface area contributed by atoms with Crippen LogP contribution in [0.4, 0.5) is 8.78 Å². The Morgan fingerprint density at radius 2 is 1.48 bits per heavy atom. The minimum absolute atomic E-state index is 0.00992. The van der Waals surface area contributed by atoms with Crippen LogP contribution in [0.25, 0.3) is 0 Å². The summed E-state index contributed by atoms with van der Waals surface area (Å²) in [6, 6.07) is 5.83. The molecule has 0 N–H and O–H groups in total. The van der Waals surface area contributed by atoms with E-state index in [0.29, 0.717) is 5.75 Å². The van der Waals surface area contributed by atoms with Gasteiger partial charge in [0.05, 0.1) is 5.56 Å². The topological polar surface area (TPSA) is 75.7 Å². The average molecular weight is 385 g/mol. The molecule has 27 heavy (non-hydrogen) atoms. The molecule has 0 fully saturated rings. The molecule has 152 valence electrons. The Bertz CT molecular complexity index is 673. The Hall–Kier alpha value is -2.18. The van der Waals surface area contributed by atoms with Crippen LogP contribution in [0.15, 0.2) is 24.3 Å². The largest absolute Gasteiger partial charge is 0.544 e. The number of aliphatic carboxylic acids is 1. The van der Waals surface area contributed by atoms with Gasteiger partial charge in [0, 0.05) is 5.41 Å². The summed E-state index contributed by atoms with van der Waals surface area (Å²) in [6.07, 6.45) is -2.13. The molecule has 0 heterocycles. The lowest BCUT2D eigenvalue weighted by Gasteiger charge is -2.39. The third-order valence-corrected chi connectivity index (χ3v) is 4.74. The quantitative estimate of drug-likeness (QED) is 0.672. The smallest absolute Gasteiger partial charge is 0.338 e. The molecule has 0 saturated carbocycles. The number of carbonyl (C=O) groups excluding carboxylic acids is 2. The Kier molecular flexibility index (Phi) is 6.62. The zero-order valence-corrected chi connectivity index (χ0v) is 16.8. The van der Waals surface area contributed by atoms with Gasteiger partial charge in [0.15, 0.2) is 6.10 Å². The number of halogens is 2. The second kappa shape index (κ2) is 7.82. The van der Waals surface area contributed by atoms with E-state index in [0.717, 1.165) is 0 Å². The monoisotopic (exact) mass is 385 g/mol. The fourth-order valence-electron chi connectivity index (χ4n) is 2.04. The van der Waals surface area contributed by atoms with E-state index in [9.17, 15) is 23.5 Å². The van der Waals surface area contributed by atoms with E-state index in [1.165, 1.54) is 38.1 Å². The van der Waals surface area contributed by atoms with E-state index in [1.54, 1.807) is 0 Å². The summed E-state index contributed by atoms with van der Waals surface area (Å²) in [7, 11) is 0. The van der Waals surface area contributed by atoms with Gasteiger partial charge in [0.25, 0.3) is 0 Å². The number of hydrogen-bond donors (Lipinski definition) is 0. The van der Waals surface area contributed by atoms with Gasteiger partial charge in [-0.25, -0.2) is 4.79 Å². The third-order valence-electron chi connectivity index (χ3n) is 4.74. The molecule has 0 aliphatic heterocycles. The molecule has 0 spiro atoms. The second-order valence-corrected chi connectivity index (χ2v) is 8.37. The summed E-state index contributed by atoms with van der Waals surface area (Å²) < 4.78 is 38.2. The van der Waals surface area contributed by atoms with Gasteiger partial charge in [0.2, 0.25) is 0 Å². The highest BCUT2D eigenvalue weighted by Crippen LogP contribution is 2.34. The SMILES string of the molecule is CC(C)C(OC(=O)c1ccc(OC(C)(C)C(C)(C)C)cc1)C(F)(F)C(=O)[O-]. The summed E-state index contributed by atoms with van der Waals surface area (Å²) in [5.41, 5.74) is -0.629. The molecule has 5 nitrogen and oxygen atoms in total. The van der Waals surface area contributed by atoms with Crippen molar-refractivity contribution in [1.29, 1.82) is 0 Å². The van der Waals surface area contributed by atoms with E-state index in [4.69, 9.17) is 9.47 Å². The molecule has 0 radical (unpaired) electrons. The highest BCUT2D eigenvalue weighted by molar-refractivity contribution is 5.90. The highest BCUT2D eigenvalue weighted by Gasteiger charge is 2.46. The van der Waals surface area contributed by atoms with Crippen LogP contribution in [0.2, 0.25) is 0 Å².